The summed E-state index contributed by atoms with van der Waals surface area (Å²) in [5.74, 6) is -0.0849. The van der Waals surface area contributed by atoms with Crippen molar-refractivity contribution in [3.63, 3.8) is 0 Å². The average Bonchev–Trinajstić information content (AvgIpc) is 2.81. The van der Waals surface area contributed by atoms with Gasteiger partial charge in [0.15, 0.2) is 0 Å². The molecule has 0 radical (unpaired) electrons. The van der Waals surface area contributed by atoms with Crippen LogP contribution >= 0.6 is 0 Å². The van der Waals surface area contributed by atoms with Gasteiger partial charge in [-0.15, -0.1) is 0 Å². The van der Waals surface area contributed by atoms with Crippen LogP contribution in [0.5, 0.6) is 0 Å². The molecule has 1 aliphatic heterocycles. The van der Waals surface area contributed by atoms with Crippen LogP contribution < -0.4 is 0 Å². The van der Waals surface area contributed by atoms with Crippen molar-refractivity contribution in [1.29, 1.82) is 0 Å². The second-order valence-electron chi connectivity index (χ2n) is 6.76. The summed E-state index contributed by atoms with van der Waals surface area (Å²) in [6.45, 7) is 7.13. The monoisotopic (exact) mass is 288 g/mol. The Labute approximate surface area is 126 Å². The number of nitrogens with zero attached hydrogens (tertiary/aromatic N) is 2. The van der Waals surface area contributed by atoms with Gasteiger partial charge < -0.3 is 9.80 Å². The highest BCUT2D eigenvalue weighted by atomic mass is 16.2. The Morgan fingerprint density at radius 2 is 1.90 bits per heavy atom. The third-order valence-electron chi connectivity index (χ3n) is 3.92. The molecule has 1 heterocycles. The molecule has 1 fully saturated rings. The van der Waals surface area contributed by atoms with Gasteiger partial charge in [-0.1, -0.05) is 30.3 Å². The van der Waals surface area contributed by atoms with E-state index in [0.29, 0.717) is 19.5 Å². The second-order valence-corrected chi connectivity index (χ2v) is 6.76. The van der Waals surface area contributed by atoms with Crippen LogP contribution in [0.4, 0.5) is 0 Å². The van der Waals surface area contributed by atoms with Crippen molar-refractivity contribution in [3.8, 4) is 0 Å². The van der Waals surface area contributed by atoms with Crippen LogP contribution in [0, 0.1) is 5.92 Å². The number of carbonyl (C=O) groups excluding carboxylic acids is 2. The smallest absolute Gasteiger partial charge is 0.228 e. The van der Waals surface area contributed by atoms with E-state index in [-0.39, 0.29) is 23.3 Å². The lowest BCUT2D eigenvalue weighted by Gasteiger charge is -2.32. The van der Waals surface area contributed by atoms with E-state index in [2.05, 4.69) is 0 Å². The number of benzene rings is 1. The zero-order valence-electron chi connectivity index (χ0n) is 13.3. The molecule has 21 heavy (non-hydrogen) atoms. The molecule has 2 amide bonds. The molecule has 0 saturated carbocycles. The Kier molecular flexibility index (Phi) is 4.35. The van der Waals surface area contributed by atoms with Crippen LogP contribution in [-0.4, -0.2) is 40.7 Å². The van der Waals surface area contributed by atoms with Gasteiger partial charge in [0.25, 0.3) is 0 Å². The third-order valence-corrected chi connectivity index (χ3v) is 3.92. The number of hydrogen-bond donors (Lipinski definition) is 0. The van der Waals surface area contributed by atoms with Crippen LogP contribution in [0.25, 0.3) is 0 Å². The molecule has 0 N–H and O–H groups in total. The predicted octanol–water partition coefficient (Wildman–Crippen LogP) is 2.29. The van der Waals surface area contributed by atoms with Gasteiger partial charge in [-0.3, -0.25) is 9.59 Å². The fraction of sp³-hybridized carbons (Fsp3) is 0.529. The summed E-state index contributed by atoms with van der Waals surface area (Å²) in [7, 11) is 1.81. The lowest BCUT2D eigenvalue weighted by Crippen LogP contribution is -2.43. The lowest BCUT2D eigenvalue weighted by atomic mass is 10.1. The first-order chi connectivity index (χ1) is 9.79. The van der Waals surface area contributed by atoms with E-state index in [1.54, 1.807) is 11.9 Å². The molecule has 0 aliphatic carbocycles. The Balaban J connectivity index is 1.99. The van der Waals surface area contributed by atoms with Crippen LogP contribution in [-0.2, 0) is 16.1 Å². The lowest BCUT2D eigenvalue weighted by molar-refractivity contribution is -0.135. The van der Waals surface area contributed by atoms with Crippen LogP contribution in [0.3, 0.4) is 0 Å². The fourth-order valence-electron chi connectivity index (χ4n) is 2.77. The summed E-state index contributed by atoms with van der Waals surface area (Å²) in [6, 6.07) is 9.90. The van der Waals surface area contributed by atoms with Gasteiger partial charge in [-0.25, -0.2) is 0 Å². The van der Waals surface area contributed by atoms with Crippen LogP contribution in [0.1, 0.15) is 32.8 Å². The average molecular weight is 288 g/mol. The van der Waals surface area contributed by atoms with Gasteiger partial charge in [0.05, 0.1) is 5.92 Å². The molecule has 0 aromatic heterocycles. The first-order valence-corrected chi connectivity index (χ1v) is 7.38. The Morgan fingerprint density at radius 1 is 1.29 bits per heavy atom. The summed E-state index contributed by atoms with van der Waals surface area (Å²) in [6.07, 6.45) is 0.329. The molecule has 1 aromatic carbocycles. The maximum atomic E-state index is 12.5. The Morgan fingerprint density at radius 3 is 2.43 bits per heavy atom. The molecule has 114 valence electrons. The van der Waals surface area contributed by atoms with Crippen molar-refractivity contribution in [3.05, 3.63) is 35.9 Å². The van der Waals surface area contributed by atoms with E-state index in [1.165, 1.54) is 0 Å². The number of amides is 2. The van der Waals surface area contributed by atoms with Gasteiger partial charge in [0.1, 0.15) is 0 Å². The molecular formula is C17H24N2O2. The third kappa shape index (κ3) is 3.63. The summed E-state index contributed by atoms with van der Waals surface area (Å²) in [4.78, 5) is 28.1. The SMILES string of the molecule is CN(Cc1ccccc1)C(=O)[C@@H]1CC(=O)N(C(C)(C)C)C1. The Bertz CT molecular complexity index is 519. The Hall–Kier alpha value is -1.84. The maximum Gasteiger partial charge on any atom is 0.228 e. The summed E-state index contributed by atoms with van der Waals surface area (Å²) in [5.41, 5.74) is 0.884. The van der Waals surface area contributed by atoms with Crippen LogP contribution in [0.15, 0.2) is 30.3 Å². The van der Waals surface area contributed by atoms with Crippen molar-refractivity contribution in [2.45, 2.75) is 39.3 Å². The van der Waals surface area contributed by atoms with E-state index >= 15 is 0 Å². The van der Waals surface area contributed by atoms with Crippen molar-refractivity contribution in [2.75, 3.05) is 13.6 Å². The van der Waals surface area contributed by atoms with Crippen molar-refractivity contribution in [1.82, 2.24) is 9.80 Å². The first kappa shape index (κ1) is 15.5. The molecule has 2 rings (SSSR count). The van der Waals surface area contributed by atoms with Crippen molar-refractivity contribution >= 4 is 11.8 Å². The summed E-state index contributed by atoms with van der Waals surface area (Å²) >= 11 is 0. The largest absolute Gasteiger partial charge is 0.341 e. The van der Waals surface area contributed by atoms with E-state index < -0.39 is 0 Å². The molecule has 1 aromatic rings. The van der Waals surface area contributed by atoms with Gasteiger partial charge in [0.2, 0.25) is 11.8 Å². The molecule has 0 bridgehead atoms. The minimum absolute atomic E-state index is 0.0546. The van der Waals surface area contributed by atoms with Gasteiger partial charge in [-0.05, 0) is 26.3 Å². The molecule has 4 heteroatoms. The highest BCUT2D eigenvalue weighted by Crippen LogP contribution is 2.27. The minimum atomic E-state index is -0.218. The van der Waals surface area contributed by atoms with Crippen molar-refractivity contribution in [2.24, 2.45) is 5.92 Å². The van der Waals surface area contributed by atoms with Gasteiger partial charge >= 0.3 is 0 Å². The van der Waals surface area contributed by atoms with E-state index in [9.17, 15) is 9.59 Å². The minimum Gasteiger partial charge on any atom is -0.341 e. The van der Waals surface area contributed by atoms with Crippen molar-refractivity contribution < 1.29 is 9.59 Å². The quantitative estimate of drug-likeness (QED) is 0.856. The fourth-order valence-corrected chi connectivity index (χ4v) is 2.77. The highest BCUT2D eigenvalue weighted by molar-refractivity contribution is 5.89. The molecule has 1 saturated heterocycles. The first-order valence-electron chi connectivity index (χ1n) is 7.38. The zero-order valence-corrected chi connectivity index (χ0v) is 13.3. The summed E-state index contributed by atoms with van der Waals surface area (Å²) < 4.78 is 0. The van der Waals surface area contributed by atoms with E-state index in [4.69, 9.17) is 0 Å². The topological polar surface area (TPSA) is 40.6 Å². The summed E-state index contributed by atoms with van der Waals surface area (Å²) in [5, 5.41) is 0. The molecule has 1 aliphatic rings. The molecular weight excluding hydrogens is 264 g/mol. The highest BCUT2D eigenvalue weighted by Gasteiger charge is 2.40. The maximum absolute atomic E-state index is 12.5. The van der Waals surface area contributed by atoms with E-state index in [1.807, 2.05) is 56.0 Å². The molecule has 0 spiro atoms. The van der Waals surface area contributed by atoms with Crippen LogP contribution in [0.2, 0.25) is 0 Å². The number of rotatable bonds is 3. The second kappa shape index (κ2) is 5.88. The number of hydrogen-bond acceptors (Lipinski definition) is 2. The standard InChI is InChI=1S/C17H24N2O2/c1-17(2,3)19-12-14(10-15(19)20)16(21)18(4)11-13-8-6-5-7-9-13/h5-9,14H,10-12H2,1-4H3/t14-/m1/s1. The number of carbonyl (C=O) groups is 2. The van der Waals surface area contributed by atoms with Gasteiger partial charge in [0, 0.05) is 32.1 Å². The predicted molar refractivity (Wildman–Crippen MR) is 82.5 cm³/mol. The molecule has 4 nitrogen and oxygen atoms in total. The molecule has 1 atom stereocenters. The van der Waals surface area contributed by atoms with Gasteiger partial charge in [-0.2, -0.15) is 0 Å². The number of likely N-dealkylation sites (tertiary alicyclic amines) is 1. The van der Waals surface area contributed by atoms with E-state index in [0.717, 1.165) is 5.56 Å². The molecule has 0 unspecified atom stereocenters. The zero-order chi connectivity index (χ0) is 15.6. The normalized spacial score (nSPS) is 19.0.